The molecular weight excluding hydrogens is 321 g/mol. The van der Waals surface area contributed by atoms with E-state index in [1.54, 1.807) is 11.3 Å². The Hall–Kier alpha value is -2.25. The summed E-state index contributed by atoms with van der Waals surface area (Å²) in [7, 11) is 0. The van der Waals surface area contributed by atoms with Gasteiger partial charge in [-0.1, -0.05) is 0 Å². The summed E-state index contributed by atoms with van der Waals surface area (Å²) < 4.78 is 19.7. The lowest BCUT2D eigenvalue weighted by Crippen LogP contribution is -2.42. The number of amides is 1. The number of thiophene rings is 1. The fourth-order valence-electron chi connectivity index (χ4n) is 2.49. The second-order valence-corrected chi connectivity index (χ2v) is 5.95. The maximum Gasteiger partial charge on any atom is 0.335 e. The molecule has 0 aliphatic carbocycles. The molecule has 23 heavy (non-hydrogen) atoms. The average Bonchev–Trinajstić information content (AvgIpc) is 3.08. The van der Waals surface area contributed by atoms with Gasteiger partial charge in [0.05, 0.1) is 24.3 Å². The summed E-state index contributed by atoms with van der Waals surface area (Å²) in [5, 5.41) is 12.7. The summed E-state index contributed by atoms with van der Waals surface area (Å²) in [5.74, 6) is -2.51. The van der Waals surface area contributed by atoms with Crippen molar-refractivity contribution in [1.82, 2.24) is 4.90 Å². The highest BCUT2D eigenvalue weighted by atomic mass is 32.1. The third-order valence-electron chi connectivity index (χ3n) is 3.72. The first-order valence-corrected chi connectivity index (χ1v) is 7.96. The highest BCUT2D eigenvalue weighted by Crippen LogP contribution is 2.25. The van der Waals surface area contributed by atoms with E-state index in [0.29, 0.717) is 19.7 Å². The van der Waals surface area contributed by atoms with Crippen molar-refractivity contribution in [3.8, 4) is 0 Å². The van der Waals surface area contributed by atoms with Gasteiger partial charge in [0.2, 0.25) is 0 Å². The highest BCUT2D eigenvalue weighted by Gasteiger charge is 2.28. The number of benzene rings is 1. The van der Waals surface area contributed by atoms with Gasteiger partial charge in [-0.25, -0.2) is 9.18 Å². The van der Waals surface area contributed by atoms with Crippen molar-refractivity contribution in [3.05, 3.63) is 57.5 Å². The Kier molecular flexibility index (Phi) is 4.40. The zero-order valence-electron chi connectivity index (χ0n) is 12.1. The summed E-state index contributed by atoms with van der Waals surface area (Å²) in [6, 6.07) is 5.25. The number of nitrogens with zero attached hydrogens (tertiary/aromatic N) is 1. The fraction of sp³-hybridized carbons (Fsp3) is 0.250. The Labute approximate surface area is 135 Å². The quantitative estimate of drug-likeness (QED) is 0.937. The van der Waals surface area contributed by atoms with E-state index in [1.807, 2.05) is 16.8 Å². The number of hydrogen-bond donors (Lipinski definition) is 1. The van der Waals surface area contributed by atoms with Crippen LogP contribution in [0.5, 0.6) is 0 Å². The predicted molar refractivity (Wildman–Crippen MR) is 82.3 cm³/mol. The molecular formula is C16H14FNO4S. The molecule has 1 aliphatic heterocycles. The molecule has 1 amide bonds. The van der Waals surface area contributed by atoms with Crippen molar-refractivity contribution < 1.29 is 23.8 Å². The first-order chi connectivity index (χ1) is 11.1. The van der Waals surface area contributed by atoms with Gasteiger partial charge in [-0.15, -0.1) is 0 Å². The van der Waals surface area contributed by atoms with Crippen molar-refractivity contribution in [1.29, 1.82) is 0 Å². The molecule has 1 N–H and O–H groups in total. The number of aromatic carboxylic acids is 1. The predicted octanol–water partition coefficient (Wildman–Crippen LogP) is 2.80. The number of carbonyl (C=O) groups is 2. The molecule has 0 bridgehead atoms. The number of halogens is 1. The van der Waals surface area contributed by atoms with Crippen LogP contribution >= 0.6 is 11.3 Å². The summed E-state index contributed by atoms with van der Waals surface area (Å²) in [4.78, 5) is 24.9. The maximum atomic E-state index is 14.0. The van der Waals surface area contributed by atoms with Gasteiger partial charge in [0.25, 0.3) is 5.91 Å². The number of carboxylic acids is 1. The van der Waals surface area contributed by atoms with E-state index in [2.05, 4.69) is 0 Å². The number of carboxylic acid groups (broad SMARTS) is 1. The third-order valence-corrected chi connectivity index (χ3v) is 4.42. The molecule has 1 atom stereocenters. The van der Waals surface area contributed by atoms with Crippen LogP contribution in [0.25, 0.3) is 0 Å². The van der Waals surface area contributed by atoms with E-state index in [4.69, 9.17) is 9.84 Å². The Morgan fingerprint density at radius 1 is 1.35 bits per heavy atom. The number of ether oxygens (including phenoxy) is 1. The lowest BCUT2D eigenvalue weighted by molar-refractivity contribution is -0.0227. The van der Waals surface area contributed by atoms with Gasteiger partial charge in [-0.05, 0) is 40.6 Å². The van der Waals surface area contributed by atoms with Gasteiger partial charge in [0.15, 0.2) is 0 Å². The zero-order valence-corrected chi connectivity index (χ0v) is 12.9. The van der Waals surface area contributed by atoms with Crippen molar-refractivity contribution in [2.45, 2.75) is 6.10 Å². The molecule has 3 rings (SSSR count). The van der Waals surface area contributed by atoms with Crippen LogP contribution in [0.1, 0.15) is 32.4 Å². The smallest absolute Gasteiger partial charge is 0.335 e. The van der Waals surface area contributed by atoms with Crippen LogP contribution < -0.4 is 0 Å². The first-order valence-electron chi connectivity index (χ1n) is 7.02. The lowest BCUT2D eigenvalue weighted by atomic mass is 10.1. The SMILES string of the molecule is O=C(O)c1ccc(C(=O)N2CCOC(c3ccsc3)C2)c(F)c1. The van der Waals surface area contributed by atoms with Crippen LogP contribution in [0.4, 0.5) is 4.39 Å². The van der Waals surface area contributed by atoms with Crippen LogP contribution in [0.3, 0.4) is 0 Å². The van der Waals surface area contributed by atoms with Crippen LogP contribution in [0, 0.1) is 5.82 Å². The standard InChI is InChI=1S/C16H14FNO4S/c17-13-7-10(16(20)21)1-2-12(13)15(19)18-4-5-22-14(8-18)11-3-6-23-9-11/h1-3,6-7,9,14H,4-5,8H2,(H,20,21). The van der Waals surface area contributed by atoms with Crippen LogP contribution in [-0.2, 0) is 4.74 Å². The van der Waals surface area contributed by atoms with E-state index in [9.17, 15) is 14.0 Å². The molecule has 120 valence electrons. The molecule has 0 radical (unpaired) electrons. The third kappa shape index (κ3) is 3.25. The van der Waals surface area contributed by atoms with E-state index < -0.39 is 17.7 Å². The molecule has 1 saturated heterocycles. The van der Waals surface area contributed by atoms with E-state index in [-0.39, 0.29) is 17.2 Å². The van der Waals surface area contributed by atoms with Crippen molar-refractivity contribution in [2.75, 3.05) is 19.7 Å². The summed E-state index contributed by atoms with van der Waals surface area (Å²) in [5.41, 5.74) is 0.687. The lowest BCUT2D eigenvalue weighted by Gasteiger charge is -2.33. The van der Waals surface area contributed by atoms with Gasteiger partial charge in [0.1, 0.15) is 11.9 Å². The minimum absolute atomic E-state index is 0.124. The Balaban J connectivity index is 1.78. The van der Waals surface area contributed by atoms with Gasteiger partial charge in [-0.2, -0.15) is 11.3 Å². The first kappa shape index (κ1) is 15.6. The van der Waals surface area contributed by atoms with Crippen molar-refractivity contribution in [3.63, 3.8) is 0 Å². The number of rotatable bonds is 3. The second-order valence-electron chi connectivity index (χ2n) is 5.17. The Bertz CT molecular complexity index is 732. The molecule has 2 heterocycles. The normalized spacial score (nSPS) is 18.0. The minimum atomic E-state index is -1.23. The zero-order chi connectivity index (χ0) is 16.4. The van der Waals surface area contributed by atoms with E-state index in [0.717, 1.165) is 11.6 Å². The average molecular weight is 335 g/mol. The number of carbonyl (C=O) groups excluding carboxylic acids is 1. The van der Waals surface area contributed by atoms with Gasteiger partial charge >= 0.3 is 5.97 Å². The second kappa shape index (κ2) is 6.47. The largest absolute Gasteiger partial charge is 0.478 e. The van der Waals surface area contributed by atoms with Crippen molar-refractivity contribution in [2.24, 2.45) is 0 Å². The maximum absolute atomic E-state index is 14.0. The van der Waals surface area contributed by atoms with Gasteiger partial charge in [0, 0.05) is 6.54 Å². The monoisotopic (exact) mass is 335 g/mol. The van der Waals surface area contributed by atoms with Crippen molar-refractivity contribution >= 4 is 23.2 Å². The van der Waals surface area contributed by atoms with E-state index in [1.165, 1.54) is 17.0 Å². The minimum Gasteiger partial charge on any atom is -0.478 e. The molecule has 1 aromatic heterocycles. The molecule has 1 fully saturated rings. The molecule has 0 spiro atoms. The molecule has 1 unspecified atom stereocenters. The Morgan fingerprint density at radius 3 is 2.83 bits per heavy atom. The summed E-state index contributed by atoms with van der Waals surface area (Å²) in [6.07, 6.45) is -0.222. The number of hydrogen-bond acceptors (Lipinski definition) is 4. The number of morpholine rings is 1. The molecule has 2 aromatic rings. The van der Waals surface area contributed by atoms with Crippen LogP contribution in [0.15, 0.2) is 35.0 Å². The van der Waals surface area contributed by atoms with Gasteiger partial charge in [-0.3, -0.25) is 4.79 Å². The summed E-state index contributed by atoms with van der Waals surface area (Å²) in [6.45, 7) is 1.09. The van der Waals surface area contributed by atoms with Crippen LogP contribution in [-0.4, -0.2) is 41.6 Å². The molecule has 0 saturated carbocycles. The molecule has 7 heteroatoms. The Morgan fingerprint density at radius 2 is 2.17 bits per heavy atom. The summed E-state index contributed by atoms with van der Waals surface area (Å²) >= 11 is 1.55. The topological polar surface area (TPSA) is 66.8 Å². The van der Waals surface area contributed by atoms with E-state index >= 15 is 0 Å². The van der Waals surface area contributed by atoms with Crippen LogP contribution in [0.2, 0.25) is 0 Å². The highest BCUT2D eigenvalue weighted by molar-refractivity contribution is 7.07. The molecule has 5 nitrogen and oxygen atoms in total. The molecule has 1 aromatic carbocycles. The molecule has 1 aliphatic rings. The fourth-order valence-corrected chi connectivity index (χ4v) is 3.19. The van der Waals surface area contributed by atoms with Gasteiger partial charge < -0.3 is 14.7 Å².